The number of ether oxygens (including phenoxy) is 1. The minimum Gasteiger partial charge on any atom is -0.457 e. The van der Waals surface area contributed by atoms with Crippen molar-refractivity contribution in [3.63, 3.8) is 0 Å². The molecule has 1 atom stereocenters. The summed E-state index contributed by atoms with van der Waals surface area (Å²) in [6.07, 6.45) is -0.683. The minimum atomic E-state index is -0.683. The van der Waals surface area contributed by atoms with Crippen molar-refractivity contribution in [2.45, 2.75) is 20.0 Å². The Morgan fingerprint density at radius 2 is 1.95 bits per heavy atom. The fourth-order valence-corrected chi connectivity index (χ4v) is 2.00. The molecule has 2 aromatic rings. The van der Waals surface area contributed by atoms with E-state index in [1.54, 1.807) is 37.3 Å². The van der Waals surface area contributed by atoms with Gasteiger partial charge in [0.05, 0.1) is 17.7 Å². The van der Waals surface area contributed by atoms with Gasteiger partial charge < -0.3 is 9.84 Å². The second-order valence-corrected chi connectivity index (χ2v) is 4.99. The van der Waals surface area contributed by atoms with Gasteiger partial charge in [-0.3, -0.25) is 0 Å². The summed E-state index contributed by atoms with van der Waals surface area (Å²) in [4.78, 5) is 0. The molecule has 2 rings (SSSR count). The summed E-state index contributed by atoms with van der Waals surface area (Å²) in [5.41, 5.74) is 2.03. The Kier molecular flexibility index (Phi) is 4.29. The smallest absolute Gasteiger partial charge is 0.134 e. The molecule has 20 heavy (non-hydrogen) atoms. The van der Waals surface area contributed by atoms with Gasteiger partial charge in [0.1, 0.15) is 11.5 Å². The molecule has 2 aromatic carbocycles. The van der Waals surface area contributed by atoms with Gasteiger partial charge in [-0.2, -0.15) is 5.26 Å². The molecule has 0 aliphatic carbocycles. The number of halogens is 1. The van der Waals surface area contributed by atoms with E-state index in [0.717, 1.165) is 5.56 Å². The Morgan fingerprint density at radius 3 is 2.60 bits per heavy atom. The summed E-state index contributed by atoms with van der Waals surface area (Å²) in [7, 11) is 0. The van der Waals surface area contributed by atoms with E-state index < -0.39 is 6.10 Å². The zero-order chi connectivity index (χ0) is 14.7. The molecule has 0 unspecified atom stereocenters. The second kappa shape index (κ2) is 5.96. The van der Waals surface area contributed by atoms with E-state index in [-0.39, 0.29) is 0 Å². The van der Waals surface area contributed by atoms with Crippen LogP contribution in [0.3, 0.4) is 0 Å². The quantitative estimate of drug-likeness (QED) is 0.912. The normalized spacial score (nSPS) is 11.8. The SMILES string of the molecule is Cc1ccc(Cl)cc1Oc1cc(C#N)ccc1[C@@H](C)O. The summed E-state index contributed by atoms with van der Waals surface area (Å²) >= 11 is 5.96. The van der Waals surface area contributed by atoms with Crippen molar-refractivity contribution < 1.29 is 9.84 Å². The van der Waals surface area contributed by atoms with Crippen LogP contribution in [0.5, 0.6) is 11.5 Å². The lowest BCUT2D eigenvalue weighted by atomic mass is 10.1. The monoisotopic (exact) mass is 287 g/mol. The molecule has 0 aliphatic heterocycles. The lowest BCUT2D eigenvalue weighted by Crippen LogP contribution is -1.97. The van der Waals surface area contributed by atoms with Crippen LogP contribution in [0.2, 0.25) is 5.02 Å². The Hall–Kier alpha value is -2.02. The number of aliphatic hydroxyl groups excluding tert-OH is 1. The van der Waals surface area contributed by atoms with Gasteiger partial charge in [0.15, 0.2) is 0 Å². The van der Waals surface area contributed by atoms with Crippen LogP contribution in [0.4, 0.5) is 0 Å². The van der Waals surface area contributed by atoms with E-state index in [2.05, 4.69) is 6.07 Å². The maximum Gasteiger partial charge on any atom is 0.134 e. The van der Waals surface area contributed by atoms with Gasteiger partial charge >= 0.3 is 0 Å². The molecule has 0 heterocycles. The average Bonchev–Trinajstić information content (AvgIpc) is 2.42. The summed E-state index contributed by atoms with van der Waals surface area (Å²) in [5, 5.41) is 19.3. The highest BCUT2D eigenvalue weighted by molar-refractivity contribution is 6.30. The first-order valence-electron chi connectivity index (χ1n) is 6.17. The van der Waals surface area contributed by atoms with Crippen LogP contribution in [0.15, 0.2) is 36.4 Å². The van der Waals surface area contributed by atoms with Gasteiger partial charge in [-0.25, -0.2) is 0 Å². The van der Waals surface area contributed by atoms with Crippen LogP contribution in [0, 0.1) is 18.3 Å². The Balaban J connectivity index is 2.46. The molecule has 0 saturated carbocycles. The van der Waals surface area contributed by atoms with Crippen molar-refractivity contribution in [1.29, 1.82) is 5.26 Å². The number of rotatable bonds is 3. The van der Waals surface area contributed by atoms with Gasteiger partial charge in [0.2, 0.25) is 0 Å². The van der Waals surface area contributed by atoms with Gasteiger partial charge in [0.25, 0.3) is 0 Å². The van der Waals surface area contributed by atoms with Gasteiger partial charge in [-0.05, 0) is 43.7 Å². The molecule has 0 spiro atoms. The number of aliphatic hydroxyl groups is 1. The van der Waals surface area contributed by atoms with Gasteiger partial charge in [-0.15, -0.1) is 0 Å². The zero-order valence-electron chi connectivity index (χ0n) is 11.2. The van der Waals surface area contributed by atoms with E-state index in [4.69, 9.17) is 21.6 Å². The number of benzene rings is 2. The minimum absolute atomic E-state index is 0.462. The first kappa shape index (κ1) is 14.4. The van der Waals surface area contributed by atoms with Gasteiger partial charge in [-0.1, -0.05) is 23.7 Å². The zero-order valence-corrected chi connectivity index (χ0v) is 12.0. The molecule has 3 nitrogen and oxygen atoms in total. The number of nitriles is 1. The molecule has 0 saturated heterocycles. The summed E-state index contributed by atoms with van der Waals surface area (Å²) in [6, 6.07) is 12.4. The predicted molar refractivity (Wildman–Crippen MR) is 78.1 cm³/mol. The third-order valence-electron chi connectivity index (χ3n) is 2.96. The maximum absolute atomic E-state index is 9.78. The Bertz CT molecular complexity index is 675. The van der Waals surface area contributed by atoms with Crippen molar-refractivity contribution in [3.8, 4) is 17.6 Å². The van der Waals surface area contributed by atoms with Crippen LogP contribution in [0.25, 0.3) is 0 Å². The van der Waals surface area contributed by atoms with E-state index >= 15 is 0 Å². The van der Waals surface area contributed by atoms with E-state index in [0.29, 0.717) is 27.6 Å². The van der Waals surface area contributed by atoms with Crippen molar-refractivity contribution in [1.82, 2.24) is 0 Å². The first-order valence-corrected chi connectivity index (χ1v) is 6.55. The molecule has 0 radical (unpaired) electrons. The van der Waals surface area contributed by atoms with Crippen molar-refractivity contribution in [2.24, 2.45) is 0 Å². The molecule has 0 fully saturated rings. The lowest BCUT2D eigenvalue weighted by molar-refractivity contribution is 0.195. The van der Waals surface area contributed by atoms with E-state index in [1.165, 1.54) is 0 Å². The standard InChI is InChI=1S/C16H14ClNO2/c1-10-3-5-13(17)8-15(10)20-16-7-12(9-18)4-6-14(16)11(2)19/h3-8,11,19H,1-2H3/t11-/m1/s1. The molecule has 0 aliphatic rings. The molecule has 4 heteroatoms. The molecule has 0 aromatic heterocycles. The fraction of sp³-hybridized carbons (Fsp3) is 0.188. The molecular formula is C16H14ClNO2. The molecule has 0 bridgehead atoms. The van der Waals surface area contributed by atoms with Crippen LogP contribution in [-0.4, -0.2) is 5.11 Å². The third kappa shape index (κ3) is 3.11. The molecule has 0 amide bonds. The molecule has 1 N–H and O–H groups in total. The topological polar surface area (TPSA) is 53.2 Å². The number of hydrogen-bond donors (Lipinski definition) is 1. The van der Waals surface area contributed by atoms with Crippen LogP contribution in [0.1, 0.15) is 29.7 Å². The highest BCUT2D eigenvalue weighted by Crippen LogP contribution is 2.33. The predicted octanol–water partition coefficient (Wildman–Crippen LogP) is 4.37. The summed E-state index contributed by atoms with van der Waals surface area (Å²) in [5.74, 6) is 1.07. The largest absolute Gasteiger partial charge is 0.457 e. The maximum atomic E-state index is 9.78. The highest BCUT2D eigenvalue weighted by atomic mass is 35.5. The van der Waals surface area contributed by atoms with E-state index in [1.807, 2.05) is 13.0 Å². The second-order valence-electron chi connectivity index (χ2n) is 4.55. The van der Waals surface area contributed by atoms with Crippen LogP contribution >= 0.6 is 11.6 Å². The summed E-state index contributed by atoms with van der Waals surface area (Å²) < 4.78 is 5.83. The number of aryl methyl sites for hydroxylation is 1. The van der Waals surface area contributed by atoms with Crippen molar-refractivity contribution in [2.75, 3.05) is 0 Å². The number of nitrogens with zero attached hydrogens (tertiary/aromatic N) is 1. The van der Waals surface area contributed by atoms with Crippen LogP contribution < -0.4 is 4.74 Å². The highest BCUT2D eigenvalue weighted by Gasteiger charge is 2.12. The van der Waals surface area contributed by atoms with E-state index in [9.17, 15) is 5.11 Å². The van der Waals surface area contributed by atoms with Crippen molar-refractivity contribution in [3.05, 3.63) is 58.1 Å². The van der Waals surface area contributed by atoms with Crippen molar-refractivity contribution >= 4 is 11.6 Å². The Labute approximate surface area is 123 Å². The van der Waals surface area contributed by atoms with Gasteiger partial charge in [0, 0.05) is 10.6 Å². The lowest BCUT2D eigenvalue weighted by Gasteiger charge is -2.15. The fourth-order valence-electron chi connectivity index (χ4n) is 1.84. The number of hydrogen-bond acceptors (Lipinski definition) is 3. The first-order chi connectivity index (χ1) is 9.51. The van der Waals surface area contributed by atoms with Crippen LogP contribution in [-0.2, 0) is 0 Å². The third-order valence-corrected chi connectivity index (χ3v) is 3.20. The molecular weight excluding hydrogens is 274 g/mol. The molecule has 102 valence electrons. The summed E-state index contributed by atoms with van der Waals surface area (Å²) in [6.45, 7) is 3.56. The average molecular weight is 288 g/mol. The Morgan fingerprint density at radius 1 is 1.20 bits per heavy atom.